The second kappa shape index (κ2) is 8.05. The van der Waals surface area contributed by atoms with Crippen molar-refractivity contribution < 1.29 is 4.79 Å². The van der Waals surface area contributed by atoms with E-state index in [-0.39, 0.29) is 0 Å². The highest BCUT2D eigenvalue weighted by atomic mass is 16.1. The van der Waals surface area contributed by atoms with Crippen LogP contribution in [0.2, 0.25) is 0 Å². The van der Waals surface area contributed by atoms with Crippen molar-refractivity contribution >= 4 is 5.78 Å². The summed E-state index contributed by atoms with van der Waals surface area (Å²) in [6, 6.07) is 6.45. The lowest BCUT2D eigenvalue weighted by Gasteiger charge is -2.10. The summed E-state index contributed by atoms with van der Waals surface area (Å²) in [5.74, 6) is 0.847. The Morgan fingerprint density at radius 2 is 1.82 bits per heavy atom. The van der Waals surface area contributed by atoms with Crippen LogP contribution in [0.1, 0.15) is 63.6 Å². The van der Waals surface area contributed by atoms with E-state index in [0.29, 0.717) is 24.5 Å². The summed E-state index contributed by atoms with van der Waals surface area (Å²) >= 11 is 0. The molecule has 0 bridgehead atoms. The molecule has 96 valence electrons. The van der Waals surface area contributed by atoms with E-state index in [4.69, 9.17) is 0 Å². The molecule has 0 spiro atoms. The number of carbonyl (C=O) groups is 1. The fraction of sp³-hybridized carbons (Fsp3) is 0.562. The van der Waals surface area contributed by atoms with Crippen molar-refractivity contribution in [2.75, 3.05) is 0 Å². The van der Waals surface area contributed by atoms with Gasteiger partial charge in [0.25, 0.3) is 0 Å². The fourth-order valence-corrected chi connectivity index (χ4v) is 1.58. The maximum absolute atomic E-state index is 11.4. The van der Waals surface area contributed by atoms with Gasteiger partial charge in [0.2, 0.25) is 0 Å². The van der Waals surface area contributed by atoms with Crippen molar-refractivity contribution in [3.05, 3.63) is 34.9 Å². The Kier molecular flexibility index (Phi) is 7.53. The van der Waals surface area contributed by atoms with Crippen LogP contribution in [-0.2, 0) is 11.2 Å². The Bertz CT molecular complexity index is 351. The summed E-state index contributed by atoms with van der Waals surface area (Å²) in [5, 5.41) is 0. The molecular formula is C16H26O. The van der Waals surface area contributed by atoms with Crippen molar-refractivity contribution in [1.29, 1.82) is 0 Å². The van der Waals surface area contributed by atoms with E-state index in [0.717, 1.165) is 0 Å². The molecule has 1 aromatic carbocycles. The molecule has 0 heterocycles. The molecule has 0 saturated heterocycles. The zero-order chi connectivity index (χ0) is 13.4. The van der Waals surface area contributed by atoms with E-state index < -0.39 is 0 Å². The third-order valence-electron chi connectivity index (χ3n) is 2.82. The third-order valence-corrected chi connectivity index (χ3v) is 2.82. The molecule has 0 atom stereocenters. The van der Waals surface area contributed by atoms with Crippen molar-refractivity contribution in [3.8, 4) is 0 Å². The van der Waals surface area contributed by atoms with Crippen molar-refractivity contribution in [1.82, 2.24) is 0 Å². The van der Waals surface area contributed by atoms with Gasteiger partial charge in [0.05, 0.1) is 0 Å². The maximum Gasteiger partial charge on any atom is 0.137 e. The Balaban J connectivity index is 0.00000121. The number of Topliss-reactive ketones (excluding diaryl/α,β-unsaturated/α-hetero) is 1. The Labute approximate surface area is 106 Å². The molecule has 0 aliphatic heterocycles. The summed E-state index contributed by atoms with van der Waals surface area (Å²) in [5.41, 5.74) is 3.73. The molecule has 0 fully saturated rings. The number of carbonyl (C=O) groups excluding carboxylic acids is 1. The lowest BCUT2D eigenvalue weighted by Crippen LogP contribution is -2.03. The summed E-state index contributed by atoms with van der Waals surface area (Å²) in [7, 11) is 0. The van der Waals surface area contributed by atoms with E-state index in [1.54, 1.807) is 0 Å². The Morgan fingerprint density at radius 3 is 2.29 bits per heavy atom. The smallest absolute Gasteiger partial charge is 0.137 e. The van der Waals surface area contributed by atoms with Gasteiger partial charge in [-0.3, -0.25) is 4.79 Å². The number of ketones is 1. The molecular weight excluding hydrogens is 208 g/mol. The Hall–Kier alpha value is -1.11. The minimum absolute atomic E-state index is 0.319. The lowest BCUT2D eigenvalue weighted by atomic mass is 9.95. The predicted molar refractivity (Wildman–Crippen MR) is 75.6 cm³/mol. The quantitative estimate of drug-likeness (QED) is 0.740. The molecule has 0 unspecified atom stereocenters. The maximum atomic E-state index is 11.4. The molecule has 0 amide bonds. The van der Waals surface area contributed by atoms with Gasteiger partial charge >= 0.3 is 0 Å². The summed E-state index contributed by atoms with van der Waals surface area (Å²) in [6.07, 6.45) is 1.22. The first-order valence-electron chi connectivity index (χ1n) is 6.65. The molecule has 1 nitrogen and oxygen atoms in total. The van der Waals surface area contributed by atoms with Crippen LogP contribution in [0.4, 0.5) is 0 Å². The van der Waals surface area contributed by atoms with Gasteiger partial charge in [-0.15, -0.1) is 0 Å². The molecule has 0 saturated carbocycles. The monoisotopic (exact) mass is 234 g/mol. The molecule has 1 heteroatoms. The van der Waals surface area contributed by atoms with Crippen LogP contribution in [0.25, 0.3) is 0 Å². The van der Waals surface area contributed by atoms with Gasteiger partial charge in [-0.2, -0.15) is 0 Å². The standard InChI is InChI=1S/C14H20O.C2H6/c1-5-14(15)9-13-8-12(10(2)3)7-6-11(13)4;1-2/h6-8,10H,5,9H2,1-4H3;1-2H3. The van der Waals surface area contributed by atoms with Gasteiger partial charge < -0.3 is 0 Å². The number of hydrogen-bond acceptors (Lipinski definition) is 1. The highest BCUT2D eigenvalue weighted by Gasteiger charge is 2.06. The van der Waals surface area contributed by atoms with Gasteiger partial charge in [0, 0.05) is 12.8 Å². The predicted octanol–water partition coefficient (Wildman–Crippen LogP) is 4.67. The number of rotatable bonds is 4. The first-order valence-corrected chi connectivity index (χ1v) is 6.65. The van der Waals surface area contributed by atoms with E-state index in [9.17, 15) is 4.79 Å². The summed E-state index contributed by atoms with van der Waals surface area (Å²) in [6.45, 7) is 12.3. The molecule has 0 aliphatic carbocycles. The van der Waals surface area contributed by atoms with Gasteiger partial charge in [-0.05, 0) is 29.5 Å². The first kappa shape index (κ1) is 15.9. The van der Waals surface area contributed by atoms with Crippen LogP contribution in [0, 0.1) is 6.92 Å². The molecule has 1 aromatic rings. The molecule has 0 aliphatic rings. The fourth-order valence-electron chi connectivity index (χ4n) is 1.58. The van der Waals surface area contributed by atoms with Crippen LogP contribution >= 0.6 is 0 Å². The van der Waals surface area contributed by atoms with Gasteiger partial charge in [0.1, 0.15) is 5.78 Å². The summed E-state index contributed by atoms with van der Waals surface area (Å²) < 4.78 is 0. The zero-order valence-corrected chi connectivity index (χ0v) is 12.1. The minimum atomic E-state index is 0.319. The molecule has 1 rings (SSSR count). The topological polar surface area (TPSA) is 17.1 Å². The van der Waals surface area contributed by atoms with Crippen LogP contribution in [-0.4, -0.2) is 5.78 Å². The normalized spacial score (nSPS) is 9.82. The van der Waals surface area contributed by atoms with E-state index in [1.165, 1.54) is 16.7 Å². The van der Waals surface area contributed by atoms with Gasteiger partial charge in [0.15, 0.2) is 0 Å². The lowest BCUT2D eigenvalue weighted by molar-refractivity contribution is -0.118. The van der Waals surface area contributed by atoms with Crippen molar-refractivity contribution in [2.24, 2.45) is 0 Å². The minimum Gasteiger partial charge on any atom is -0.299 e. The third kappa shape index (κ3) is 5.16. The SMILES string of the molecule is CC.CCC(=O)Cc1cc(C(C)C)ccc1C. The average molecular weight is 234 g/mol. The molecule has 0 radical (unpaired) electrons. The second-order valence-electron chi connectivity index (χ2n) is 4.41. The first-order chi connectivity index (χ1) is 8.04. The molecule has 0 N–H and O–H groups in total. The molecule has 17 heavy (non-hydrogen) atoms. The number of hydrogen-bond donors (Lipinski definition) is 0. The highest BCUT2D eigenvalue weighted by molar-refractivity contribution is 5.80. The molecule has 0 aromatic heterocycles. The van der Waals surface area contributed by atoms with Crippen LogP contribution in [0.15, 0.2) is 18.2 Å². The van der Waals surface area contributed by atoms with Crippen LogP contribution in [0.5, 0.6) is 0 Å². The van der Waals surface area contributed by atoms with Gasteiger partial charge in [-0.25, -0.2) is 0 Å². The number of benzene rings is 1. The largest absolute Gasteiger partial charge is 0.299 e. The zero-order valence-electron chi connectivity index (χ0n) is 12.1. The van der Waals surface area contributed by atoms with E-state index in [2.05, 4.69) is 39.0 Å². The Morgan fingerprint density at radius 1 is 1.24 bits per heavy atom. The van der Waals surface area contributed by atoms with E-state index >= 15 is 0 Å². The highest BCUT2D eigenvalue weighted by Crippen LogP contribution is 2.19. The second-order valence-corrected chi connectivity index (χ2v) is 4.41. The van der Waals surface area contributed by atoms with E-state index in [1.807, 2.05) is 20.8 Å². The average Bonchev–Trinajstić information content (AvgIpc) is 2.34. The van der Waals surface area contributed by atoms with Crippen molar-refractivity contribution in [3.63, 3.8) is 0 Å². The summed E-state index contributed by atoms with van der Waals surface area (Å²) in [4.78, 5) is 11.4. The van der Waals surface area contributed by atoms with Crippen LogP contribution < -0.4 is 0 Å². The number of aryl methyl sites for hydroxylation is 1. The van der Waals surface area contributed by atoms with Crippen LogP contribution in [0.3, 0.4) is 0 Å². The van der Waals surface area contributed by atoms with Gasteiger partial charge in [-0.1, -0.05) is 52.8 Å². The van der Waals surface area contributed by atoms with Crippen molar-refractivity contribution in [2.45, 2.75) is 60.3 Å².